The minimum absolute atomic E-state index is 0.428. The molecule has 0 radical (unpaired) electrons. The zero-order valence-corrected chi connectivity index (χ0v) is 12.8. The van der Waals surface area contributed by atoms with Crippen LogP contribution < -0.4 is 9.47 Å². The third kappa shape index (κ3) is 3.65. The molecule has 112 valence electrons. The Bertz CT molecular complexity index is 604. The van der Waals surface area contributed by atoms with Gasteiger partial charge in [-0.05, 0) is 37.6 Å². The Kier molecular flexibility index (Phi) is 5.42. The van der Waals surface area contributed by atoms with Crippen LogP contribution in [0, 0.1) is 0 Å². The summed E-state index contributed by atoms with van der Waals surface area (Å²) < 4.78 is 11.1. The lowest BCUT2D eigenvalue weighted by Gasteiger charge is -2.16. The number of hydrogen-bond donors (Lipinski definition) is 1. The first-order valence-electron chi connectivity index (χ1n) is 6.84. The summed E-state index contributed by atoms with van der Waals surface area (Å²) in [5, 5.41) is 10.9. The van der Waals surface area contributed by atoms with Crippen molar-refractivity contribution in [1.82, 2.24) is 4.98 Å². The van der Waals surface area contributed by atoms with E-state index in [1.165, 1.54) is 6.20 Å². The Morgan fingerprint density at radius 2 is 1.86 bits per heavy atom. The number of aliphatic hydroxyl groups excluding tert-OH is 1. The lowest BCUT2D eigenvalue weighted by atomic mass is 10.0. The van der Waals surface area contributed by atoms with Crippen LogP contribution in [-0.2, 0) is 0 Å². The minimum atomic E-state index is -0.838. The van der Waals surface area contributed by atoms with Crippen LogP contribution in [0.3, 0.4) is 0 Å². The van der Waals surface area contributed by atoms with Gasteiger partial charge < -0.3 is 14.6 Å². The van der Waals surface area contributed by atoms with E-state index in [1.54, 1.807) is 30.5 Å². The first-order valence-corrected chi connectivity index (χ1v) is 7.22. The number of halogens is 1. The molecular weight excluding hydrogens is 290 g/mol. The van der Waals surface area contributed by atoms with E-state index in [1.807, 2.05) is 13.8 Å². The number of benzene rings is 1. The standard InChI is InChI=1S/C16H18ClNO3/c1-3-20-14-6-5-11(9-15(14)21-4-2)16(19)12-7-8-18-10-13(12)17/h5-10,16,19H,3-4H2,1-2H3. The highest BCUT2D eigenvalue weighted by Gasteiger charge is 2.16. The molecule has 0 aliphatic carbocycles. The van der Waals surface area contributed by atoms with Gasteiger partial charge in [-0.2, -0.15) is 0 Å². The molecule has 0 aliphatic heterocycles. The third-order valence-corrected chi connectivity index (χ3v) is 3.30. The normalized spacial score (nSPS) is 12.0. The SMILES string of the molecule is CCOc1ccc(C(O)c2ccncc2Cl)cc1OCC. The monoisotopic (exact) mass is 307 g/mol. The Labute approximate surface area is 129 Å². The second-order valence-corrected chi connectivity index (χ2v) is 4.78. The number of aromatic nitrogens is 1. The molecule has 0 bridgehead atoms. The molecule has 0 aliphatic rings. The van der Waals surface area contributed by atoms with Gasteiger partial charge in [-0.3, -0.25) is 4.98 Å². The summed E-state index contributed by atoms with van der Waals surface area (Å²) in [7, 11) is 0. The molecular formula is C16H18ClNO3. The summed E-state index contributed by atoms with van der Waals surface area (Å²) in [4.78, 5) is 3.92. The fourth-order valence-electron chi connectivity index (χ4n) is 2.03. The molecule has 0 amide bonds. The molecule has 1 aromatic carbocycles. The average Bonchev–Trinajstić information content (AvgIpc) is 2.49. The van der Waals surface area contributed by atoms with Crippen molar-refractivity contribution in [3.63, 3.8) is 0 Å². The Balaban J connectivity index is 2.35. The lowest BCUT2D eigenvalue weighted by Crippen LogP contribution is -2.04. The van der Waals surface area contributed by atoms with Gasteiger partial charge in [0.15, 0.2) is 11.5 Å². The van der Waals surface area contributed by atoms with Crippen molar-refractivity contribution in [2.75, 3.05) is 13.2 Å². The van der Waals surface area contributed by atoms with Gasteiger partial charge in [0.2, 0.25) is 0 Å². The molecule has 1 heterocycles. The fourth-order valence-corrected chi connectivity index (χ4v) is 2.25. The van der Waals surface area contributed by atoms with Crippen molar-refractivity contribution >= 4 is 11.6 Å². The topological polar surface area (TPSA) is 51.6 Å². The van der Waals surface area contributed by atoms with E-state index >= 15 is 0 Å². The van der Waals surface area contributed by atoms with E-state index in [4.69, 9.17) is 21.1 Å². The van der Waals surface area contributed by atoms with Crippen molar-refractivity contribution in [3.8, 4) is 11.5 Å². The third-order valence-electron chi connectivity index (χ3n) is 2.98. The van der Waals surface area contributed by atoms with E-state index in [0.29, 0.717) is 40.9 Å². The summed E-state index contributed by atoms with van der Waals surface area (Å²) >= 11 is 6.07. The Hall–Kier alpha value is -1.78. The van der Waals surface area contributed by atoms with Crippen LogP contribution in [0.25, 0.3) is 0 Å². The summed E-state index contributed by atoms with van der Waals surface area (Å²) in [6, 6.07) is 7.07. The quantitative estimate of drug-likeness (QED) is 0.885. The zero-order valence-electron chi connectivity index (χ0n) is 12.0. The van der Waals surface area contributed by atoms with E-state index in [0.717, 1.165) is 0 Å². The molecule has 21 heavy (non-hydrogen) atoms. The maximum atomic E-state index is 10.5. The number of hydrogen-bond acceptors (Lipinski definition) is 4. The van der Waals surface area contributed by atoms with Crippen LogP contribution in [0.5, 0.6) is 11.5 Å². The summed E-state index contributed by atoms with van der Waals surface area (Å²) in [6.45, 7) is 4.89. The van der Waals surface area contributed by atoms with Crippen molar-refractivity contribution in [1.29, 1.82) is 0 Å². The first kappa shape index (κ1) is 15.6. The molecule has 0 fully saturated rings. The van der Waals surface area contributed by atoms with Gasteiger partial charge in [0.25, 0.3) is 0 Å². The molecule has 1 unspecified atom stereocenters. The maximum Gasteiger partial charge on any atom is 0.161 e. The van der Waals surface area contributed by atoms with E-state index in [-0.39, 0.29) is 0 Å². The van der Waals surface area contributed by atoms with Crippen LogP contribution in [-0.4, -0.2) is 23.3 Å². The molecule has 2 rings (SSSR count). The molecule has 1 aromatic heterocycles. The molecule has 0 saturated heterocycles. The molecule has 1 N–H and O–H groups in total. The van der Waals surface area contributed by atoms with Crippen LogP contribution in [0.4, 0.5) is 0 Å². The van der Waals surface area contributed by atoms with Crippen molar-refractivity contribution in [2.24, 2.45) is 0 Å². The maximum absolute atomic E-state index is 10.5. The summed E-state index contributed by atoms with van der Waals surface area (Å²) in [6.07, 6.45) is 2.27. The van der Waals surface area contributed by atoms with Gasteiger partial charge in [0, 0.05) is 18.0 Å². The highest BCUT2D eigenvalue weighted by atomic mass is 35.5. The molecule has 0 spiro atoms. The number of pyridine rings is 1. The van der Waals surface area contributed by atoms with Crippen LogP contribution in [0.15, 0.2) is 36.7 Å². The van der Waals surface area contributed by atoms with Crippen LogP contribution in [0.2, 0.25) is 5.02 Å². The predicted molar refractivity (Wildman–Crippen MR) is 82.1 cm³/mol. The molecule has 4 nitrogen and oxygen atoms in total. The van der Waals surface area contributed by atoms with E-state index < -0.39 is 6.10 Å². The van der Waals surface area contributed by atoms with Crippen molar-refractivity contribution in [3.05, 3.63) is 52.8 Å². The van der Waals surface area contributed by atoms with Crippen LogP contribution >= 0.6 is 11.6 Å². The second kappa shape index (κ2) is 7.29. The van der Waals surface area contributed by atoms with Gasteiger partial charge in [-0.1, -0.05) is 17.7 Å². The Morgan fingerprint density at radius 3 is 2.52 bits per heavy atom. The Morgan fingerprint density at radius 1 is 1.14 bits per heavy atom. The number of aliphatic hydroxyl groups is 1. The van der Waals surface area contributed by atoms with Gasteiger partial charge >= 0.3 is 0 Å². The predicted octanol–water partition coefficient (Wildman–Crippen LogP) is 3.61. The smallest absolute Gasteiger partial charge is 0.161 e. The summed E-state index contributed by atoms with van der Waals surface area (Å²) in [5.41, 5.74) is 1.30. The largest absolute Gasteiger partial charge is 0.490 e. The van der Waals surface area contributed by atoms with E-state index in [2.05, 4.69) is 4.98 Å². The summed E-state index contributed by atoms with van der Waals surface area (Å²) in [5.74, 6) is 1.28. The lowest BCUT2D eigenvalue weighted by molar-refractivity contribution is 0.218. The van der Waals surface area contributed by atoms with Gasteiger partial charge in [-0.25, -0.2) is 0 Å². The number of ether oxygens (including phenoxy) is 2. The van der Waals surface area contributed by atoms with Gasteiger partial charge in [0.05, 0.1) is 18.2 Å². The second-order valence-electron chi connectivity index (χ2n) is 4.37. The highest BCUT2D eigenvalue weighted by Crippen LogP contribution is 2.34. The van der Waals surface area contributed by atoms with Crippen molar-refractivity contribution < 1.29 is 14.6 Å². The van der Waals surface area contributed by atoms with Gasteiger partial charge in [0.1, 0.15) is 6.10 Å². The van der Waals surface area contributed by atoms with Crippen molar-refractivity contribution in [2.45, 2.75) is 20.0 Å². The zero-order chi connectivity index (χ0) is 15.2. The fraction of sp³-hybridized carbons (Fsp3) is 0.312. The van der Waals surface area contributed by atoms with Crippen LogP contribution in [0.1, 0.15) is 31.1 Å². The minimum Gasteiger partial charge on any atom is -0.490 e. The molecule has 1 atom stereocenters. The molecule has 2 aromatic rings. The molecule has 0 saturated carbocycles. The first-order chi connectivity index (χ1) is 10.2. The van der Waals surface area contributed by atoms with Gasteiger partial charge in [-0.15, -0.1) is 0 Å². The average molecular weight is 308 g/mol. The number of nitrogens with zero attached hydrogens (tertiary/aromatic N) is 1. The highest BCUT2D eigenvalue weighted by molar-refractivity contribution is 6.31. The molecule has 5 heteroatoms. The van der Waals surface area contributed by atoms with E-state index in [9.17, 15) is 5.11 Å². The number of rotatable bonds is 6.